The highest BCUT2D eigenvalue weighted by atomic mass is 32.2. The average molecular weight is 388 g/mol. The smallest absolute Gasteiger partial charge is 0.251 e. The Bertz CT molecular complexity index is 941. The summed E-state index contributed by atoms with van der Waals surface area (Å²) in [7, 11) is -2.34. The van der Waals surface area contributed by atoms with Crippen LogP contribution in [-0.2, 0) is 16.4 Å². The summed E-state index contributed by atoms with van der Waals surface area (Å²) in [6.07, 6.45) is 2.88. The number of ether oxygens (including phenoxy) is 1. The minimum Gasteiger partial charge on any atom is -0.495 e. The number of benzene rings is 2. The molecule has 0 heterocycles. The van der Waals surface area contributed by atoms with Crippen LogP contribution in [0.25, 0.3) is 0 Å². The Morgan fingerprint density at radius 1 is 1.22 bits per heavy atom. The first-order valence-corrected chi connectivity index (χ1v) is 10.5. The van der Waals surface area contributed by atoms with Crippen molar-refractivity contribution in [3.8, 4) is 5.75 Å². The van der Waals surface area contributed by atoms with Gasteiger partial charge in [-0.1, -0.05) is 31.2 Å². The number of rotatable bonds is 6. The molecule has 3 rings (SSSR count). The molecule has 1 aliphatic rings. The van der Waals surface area contributed by atoms with E-state index in [1.807, 2.05) is 18.2 Å². The van der Waals surface area contributed by atoms with Crippen LogP contribution in [0.3, 0.4) is 0 Å². The standard InChI is InChI=1S/C20H24N2O4S/c1-3-21-27(24,25)19-13-15(11-12-18(19)26-2)20(23)22-17-10-6-8-14-7-4-5-9-16(14)17/h4-5,7,9,11-13,17,21H,3,6,8,10H2,1-2H3,(H,22,23)/t17-/m1/s1. The van der Waals surface area contributed by atoms with Gasteiger partial charge in [-0.05, 0) is 48.6 Å². The minimum atomic E-state index is -3.75. The Kier molecular flexibility index (Phi) is 5.82. The van der Waals surface area contributed by atoms with Crippen LogP contribution in [0, 0.1) is 0 Å². The molecular weight excluding hydrogens is 364 g/mol. The molecule has 1 atom stereocenters. The normalized spacial score (nSPS) is 16.4. The van der Waals surface area contributed by atoms with Crippen molar-refractivity contribution in [1.29, 1.82) is 0 Å². The molecule has 2 N–H and O–H groups in total. The fourth-order valence-electron chi connectivity index (χ4n) is 3.44. The molecule has 1 amide bonds. The number of sulfonamides is 1. The van der Waals surface area contributed by atoms with E-state index >= 15 is 0 Å². The van der Waals surface area contributed by atoms with Crippen LogP contribution in [0.1, 0.15) is 47.3 Å². The van der Waals surface area contributed by atoms with Gasteiger partial charge in [-0.2, -0.15) is 0 Å². The van der Waals surface area contributed by atoms with Crippen LogP contribution in [0.15, 0.2) is 47.4 Å². The summed E-state index contributed by atoms with van der Waals surface area (Å²) in [6, 6.07) is 12.5. The highest BCUT2D eigenvalue weighted by Crippen LogP contribution is 2.30. The quantitative estimate of drug-likeness (QED) is 0.797. The molecule has 0 saturated carbocycles. The van der Waals surface area contributed by atoms with Gasteiger partial charge in [0.25, 0.3) is 5.91 Å². The lowest BCUT2D eigenvalue weighted by Gasteiger charge is -2.26. The molecule has 0 aromatic heterocycles. The van der Waals surface area contributed by atoms with Gasteiger partial charge >= 0.3 is 0 Å². The maximum Gasteiger partial charge on any atom is 0.251 e. The molecule has 0 radical (unpaired) electrons. The number of carbonyl (C=O) groups excluding carboxylic acids is 1. The Morgan fingerprint density at radius 3 is 2.74 bits per heavy atom. The average Bonchev–Trinajstić information content (AvgIpc) is 2.67. The zero-order chi connectivity index (χ0) is 19.4. The molecule has 2 aromatic rings. The molecule has 2 aromatic carbocycles. The summed E-state index contributed by atoms with van der Waals surface area (Å²) in [4.78, 5) is 12.8. The van der Waals surface area contributed by atoms with Crippen LogP contribution in [0.4, 0.5) is 0 Å². The summed E-state index contributed by atoms with van der Waals surface area (Å²) in [6.45, 7) is 1.95. The van der Waals surface area contributed by atoms with Crippen LogP contribution < -0.4 is 14.8 Å². The van der Waals surface area contributed by atoms with Crippen LogP contribution in [0.2, 0.25) is 0 Å². The Balaban J connectivity index is 1.88. The van der Waals surface area contributed by atoms with Crippen LogP contribution in [-0.4, -0.2) is 28.0 Å². The van der Waals surface area contributed by atoms with Gasteiger partial charge in [-0.3, -0.25) is 4.79 Å². The van der Waals surface area contributed by atoms with E-state index in [4.69, 9.17) is 4.74 Å². The van der Waals surface area contributed by atoms with E-state index in [9.17, 15) is 13.2 Å². The molecule has 0 spiro atoms. The topological polar surface area (TPSA) is 84.5 Å². The van der Waals surface area contributed by atoms with E-state index < -0.39 is 10.0 Å². The van der Waals surface area contributed by atoms with Crippen molar-refractivity contribution < 1.29 is 17.9 Å². The van der Waals surface area contributed by atoms with Gasteiger partial charge in [-0.15, -0.1) is 0 Å². The molecule has 0 saturated heterocycles. The Morgan fingerprint density at radius 2 is 2.00 bits per heavy atom. The Hall–Kier alpha value is -2.38. The number of carbonyl (C=O) groups is 1. The lowest BCUT2D eigenvalue weighted by Crippen LogP contribution is -2.31. The van der Waals surface area contributed by atoms with E-state index in [0.717, 1.165) is 24.8 Å². The molecule has 7 heteroatoms. The molecule has 0 aliphatic heterocycles. The predicted octanol–water partition coefficient (Wildman–Crippen LogP) is 2.80. The van der Waals surface area contributed by atoms with Gasteiger partial charge in [-0.25, -0.2) is 13.1 Å². The van der Waals surface area contributed by atoms with Crippen molar-refractivity contribution in [1.82, 2.24) is 10.0 Å². The monoisotopic (exact) mass is 388 g/mol. The first-order valence-electron chi connectivity index (χ1n) is 9.02. The van der Waals surface area contributed by atoms with Gasteiger partial charge in [0.2, 0.25) is 10.0 Å². The SMILES string of the molecule is CCNS(=O)(=O)c1cc(C(=O)N[C@@H]2CCCc3ccccc32)ccc1OC. The summed E-state index contributed by atoms with van der Waals surface area (Å²) in [5.74, 6) is -0.0946. The van der Waals surface area contributed by atoms with Crippen LogP contribution >= 0.6 is 0 Å². The number of hydrogen-bond acceptors (Lipinski definition) is 4. The second-order valence-electron chi connectivity index (χ2n) is 6.48. The number of fused-ring (bicyclic) bond motifs is 1. The maximum atomic E-state index is 12.8. The summed E-state index contributed by atoms with van der Waals surface area (Å²) in [5.41, 5.74) is 2.67. The van der Waals surface area contributed by atoms with Gasteiger partial charge in [0, 0.05) is 12.1 Å². The lowest BCUT2D eigenvalue weighted by atomic mass is 9.87. The summed E-state index contributed by atoms with van der Waals surface area (Å²) >= 11 is 0. The molecule has 144 valence electrons. The second-order valence-corrected chi connectivity index (χ2v) is 8.22. The lowest BCUT2D eigenvalue weighted by molar-refractivity contribution is 0.0932. The zero-order valence-corrected chi connectivity index (χ0v) is 16.3. The second kappa shape index (κ2) is 8.10. The van der Waals surface area contributed by atoms with Crippen molar-refractivity contribution >= 4 is 15.9 Å². The van der Waals surface area contributed by atoms with E-state index in [0.29, 0.717) is 0 Å². The fourth-order valence-corrected chi connectivity index (χ4v) is 4.68. The number of amides is 1. The van der Waals surface area contributed by atoms with Gasteiger partial charge in [0.15, 0.2) is 0 Å². The third kappa shape index (κ3) is 4.14. The van der Waals surface area contributed by atoms with Crippen LogP contribution in [0.5, 0.6) is 5.75 Å². The minimum absolute atomic E-state index is 0.0384. The Labute approximate surface area is 160 Å². The number of methoxy groups -OCH3 is 1. The van der Waals surface area contributed by atoms with Crippen molar-refractivity contribution in [3.05, 3.63) is 59.2 Å². The molecule has 6 nitrogen and oxygen atoms in total. The highest BCUT2D eigenvalue weighted by molar-refractivity contribution is 7.89. The molecule has 0 unspecified atom stereocenters. The van der Waals surface area contributed by atoms with Crippen molar-refractivity contribution in [3.63, 3.8) is 0 Å². The third-order valence-corrected chi connectivity index (χ3v) is 6.29. The van der Waals surface area contributed by atoms with E-state index in [2.05, 4.69) is 16.1 Å². The summed E-state index contributed by atoms with van der Waals surface area (Å²) < 4.78 is 32.4. The first-order chi connectivity index (χ1) is 13.0. The van der Waals surface area contributed by atoms with Gasteiger partial charge in [0.1, 0.15) is 10.6 Å². The van der Waals surface area contributed by atoms with E-state index in [-0.39, 0.29) is 34.7 Å². The predicted molar refractivity (Wildman–Crippen MR) is 103 cm³/mol. The maximum absolute atomic E-state index is 12.8. The largest absolute Gasteiger partial charge is 0.495 e. The third-order valence-electron chi connectivity index (χ3n) is 4.72. The van der Waals surface area contributed by atoms with Crippen molar-refractivity contribution in [2.24, 2.45) is 0 Å². The van der Waals surface area contributed by atoms with Gasteiger partial charge in [0.05, 0.1) is 13.2 Å². The number of aryl methyl sites for hydroxylation is 1. The molecule has 0 fully saturated rings. The van der Waals surface area contributed by atoms with Crippen molar-refractivity contribution in [2.45, 2.75) is 37.1 Å². The number of hydrogen-bond donors (Lipinski definition) is 2. The number of nitrogens with one attached hydrogen (secondary N) is 2. The highest BCUT2D eigenvalue weighted by Gasteiger charge is 2.24. The summed E-state index contributed by atoms with van der Waals surface area (Å²) in [5, 5.41) is 3.04. The fraction of sp³-hybridized carbons (Fsp3) is 0.350. The molecule has 27 heavy (non-hydrogen) atoms. The first kappa shape index (κ1) is 19.4. The van der Waals surface area contributed by atoms with Gasteiger partial charge < -0.3 is 10.1 Å². The van der Waals surface area contributed by atoms with Crippen molar-refractivity contribution in [2.75, 3.05) is 13.7 Å². The molecular formula is C20H24N2O4S. The molecule has 1 aliphatic carbocycles. The van der Waals surface area contributed by atoms with E-state index in [1.165, 1.54) is 24.8 Å². The van der Waals surface area contributed by atoms with E-state index in [1.54, 1.807) is 13.0 Å². The zero-order valence-electron chi connectivity index (χ0n) is 15.5. The molecule has 0 bridgehead atoms.